The summed E-state index contributed by atoms with van der Waals surface area (Å²) in [5.41, 5.74) is 1.74. The lowest BCUT2D eigenvalue weighted by Gasteiger charge is -2.11. The van der Waals surface area contributed by atoms with Crippen LogP contribution in [0.1, 0.15) is 5.56 Å². The van der Waals surface area contributed by atoms with Gasteiger partial charge < -0.3 is 0 Å². The van der Waals surface area contributed by atoms with E-state index in [0.29, 0.717) is 11.1 Å². The van der Waals surface area contributed by atoms with Crippen LogP contribution >= 0.6 is 11.3 Å². The molecule has 5 heteroatoms. The minimum absolute atomic E-state index is 0.231. The number of fused-ring (bicyclic) bond motifs is 7. The van der Waals surface area contributed by atoms with Crippen molar-refractivity contribution in [3.05, 3.63) is 65.5 Å². The van der Waals surface area contributed by atoms with Crippen LogP contribution in [-0.2, 0) is 6.18 Å². The van der Waals surface area contributed by atoms with E-state index >= 15 is 0 Å². The van der Waals surface area contributed by atoms with Gasteiger partial charge in [-0.1, -0.05) is 42.5 Å². The van der Waals surface area contributed by atoms with Crippen LogP contribution in [0.25, 0.3) is 43.0 Å². The van der Waals surface area contributed by atoms with E-state index < -0.39 is 11.7 Å². The van der Waals surface area contributed by atoms with Crippen molar-refractivity contribution in [3.8, 4) is 11.3 Å². The first-order valence-corrected chi connectivity index (χ1v) is 8.60. The molecule has 0 N–H and O–H groups in total. The fraction of sp³-hybridized carbons (Fsp3) is 0.0500. The fourth-order valence-electron chi connectivity index (χ4n) is 3.45. The predicted molar refractivity (Wildman–Crippen MR) is 96.3 cm³/mol. The van der Waals surface area contributed by atoms with E-state index in [9.17, 15) is 13.2 Å². The van der Waals surface area contributed by atoms with Crippen molar-refractivity contribution < 1.29 is 13.2 Å². The minimum Gasteiger partial charge on any atom is -0.247 e. The van der Waals surface area contributed by atoms with Crippen molar-refractivity contribution in [2.45, 2.75) is 6.18 Å². The number of nitrogens with zero attached hydrogens (tertiary/aromatic N) is 1. The molecule has 0 aliphatic carbocycles. The number of hydrogen-bond acceptors (Lipinski definition) is 2. The molecule has 0 radical (unpaired) electrons. The van der Waals surface area contributed by atoms with E-state index in [2.05, 4.69) is 4.98 Å². The number of hydrogen-bond donors (Lipinski definition) is 0. The molecule has 0 spiro atoms. The van der Waals surface area contributed by atoms with Crippen molar-refractivity contribution in [2.24, 2.45) is 0 Å². The van der Waals surface area contributed by atoms with Gasteiger partial charge in [-0.15, -0.1) is 11.3 Å². The predicted octanol–water partition coefficient (Wildman–Crippen LogP) is 6.73. The molecule has 2 heterocycles. The highest BCUT2D eigenvalue weighted by atomic mass is 32.1. The Balaban J connectivity index is 1.96. The number of aromatic nitrogens is 1. The van der Waals surface area contributed by atoms with Crippen molar-refractivity contribution in [1.29, 1.82) is 0 Å². The maximum atomic E-state index is 13.3. The highest BCUT2D eigenvalue weighted by Gasteiger charge is 2.33. The SMILES string of the molecule is FC(F)(F)c1cccc2c3nc4ccc5ccccc5c4c-3csc12. The first-order chi connectivity index (χ1) is 12.0. The third-order valence-corrected chi connectivity index (χ3v) is 5.56. The third kappa shape index (κ3) is 2.05. The van der Waals surface area contributed by atoms with Gasteiger partial charge >= 0.3 is 6.18 Å². The van der Waals surface area contributed by atoms with Gasteiger partial charge in [-0.05, 0) is 22.9 Å². The lowest BCUT2D eigenvalue weighted by Crippen LogP contribution is -2.05. The van der Waals surface area contributed by atoms with Crippen LogP contribution in [0.3, 0.4) is 0 Å². The smallest absolute Gasteiger partial charge is 0.247 e. The minimum atomic E-state index is -4.37. The molecule has 0 atom stereocenters. The summed E-state index contributed by atoms with van der Waals surface area (Å²) in [6, 6.07) is 16.2. The maximum Gasteiger partial charge on any atom is 0.417 e. The van der Waals surface area contributed by atoms with Crippen LogP contribution in [0.4, 0.5) is 13.2 Å². The summed E-state index contributed by atoms with van der Waals surface area (Å²) in [6.45, 7) is 0. The molecular formula is C20H10F3NS. The van der Waals surface area contributed by atoms with E-state index in [0.717, 1.165) is 44.6 Å². The lowest BCUT2D eigenvalue weighted by molar-refractivity contribution is -0.136. The topological polar surface area (TPSA) is 12.9 Å². The largest absolute Gasteiger partial charge is 0.417 e. The summed E-state index contributed by atoms with van der Waals surface area (Å²) in [7, 11) is 0. The zero-order valence-corrected chi connectivity index (χ0v) is 13.6. The summed E-state index contributed by atoms with van der Waals surface area (Å²) >= 11 is 1.13. The first kappa shape index (κ1) is 14.7. The van der Waals surface area contributed by atoms with Crippen LogP contribution in [0, 0.1) is 0 Å². The molecule has 0 bridgehead atoms. The van der Waals surface area contributed by atoms with Gasteiger partial charge in [0.1, 0.15) is 0 Å². The highest BCUT2D eigenvalue weighted by molar-refractivity contribution is 7.17. The average molecular weight is 353 g/mol. The quantitative estimate of drug-likeness (QED) is 0.301. The highest BCUT2D eigenvalue weighted by Crippen LogP contribution is 2.44. The lowest BCUT2D eigenvalue weighted by atomic mass is 10.0. The van der Waals surface area contributed by atoms with E-state index in [4.69, 9.17) is 0 Å². The molecule has 5 rings (SSSR count). The molecule has 25 heavy (non-hydrogen) atoms. The van der Waals surface area contributed by atoms with Crippen LogP contribution in [-0.4, -0.2) is 4.98 Å². The van der Waals surface area contributed by atoms with Gasteiger partial charge in [0.25, 0.3) is 0 Å². The average Bonchev–Trinajstić information content (AvgIpc) is 3.00. The zero-order chi connectivity index (χ0) is 17.2. The monoisotopic (exact) mass is 353 g/mol. The van der Waals surface area contributed by atoms with Crippen molar-refractivity contribution in [1.82, 2.24) is 4.98 Å². The molecule has 3 aromatic carbocycles. The van der Waals surface area contributed by atoms with Crippen LogP contribution < -0.4 is 0 Å². The van der Waals surface area contributed by atoms with E-state index in [-0.39, 0.29) is 4.70 Å². The van der Waals surface area contributed by atoms with Crippen LogP contribution in [0.2, 0.25) is 0 Å². The molecule has 0 saturated heterocycles. The van der Waals surface area contributed by atoms with Gasteiger partial charge in [0, 0.05) is 26.4 Å². The normalized spacial score (nSPS) is 12.6. The molecule has 0 aromatic heterocycles. The molecule has 0 fully saturated rings. The maximum absolute atomic E-state index is 13.3. The molecule has 1 nitrogen and oxygen atoms in total. The summed E-state index contributed by atoms with van der Waals surface area (Å²) in [4.78, 5) is 4.66. The second-order valence-electron chi connectivity index (χ2n) is 5.97. The molecule has 2 aliphatic rings. The standard InChI is InChI=1S/C20H10F3NS/c21-20(22,23)15-7-3-6-13-18-14(10-25-19(13)15)17-12-5-2-1-4-11(12)8-9-16(17)24-18/h1-10H. The van der Waals surface area contributed by atoms with Gasteiger partial charge in [-0.3, -0.25) is 0 Å². The summed E-state index contributed by atoms with van der Waals surface area (Å²) in [5.74, 6) is 0. The van der Waals surface area contributed by atoms with Gasteiger partial charge in [-0.2, -0.15) is 13.2 Å². The summed E-state index contributed by atoms with van der Waals surface area (Å²) in [5, 5.41) is 5.52. The molecule has 2 aliphatic heterocycles. The Morgan fingerprint density at radius 1 is 0.840 bits per heavy atom. The first-order valence-electron chi connectivity index (χ1n) is 7.72. The number of benzene rings is 3. The van der Waals surface area contributed by atoms with Crippen molar-refractivity contribution in [2.75, 3.05) is 0 Å². The summed E-state index contributed by atoms with van der Waals surface area (Å²) < 4.78 is 40.2. The second kappa shape index (κ2) is 4.92. The van der Waals surface area contributed by atoms with Crippen molar-refractivity contribution in [3.63, 3.8) is 0 Å². The van der Waals surface area contributed by atoms with E-state index in [1.165, 1.54) is 6.07 Å². The zero-order valence-electron chi connectivity index (χ0n) is 12.8. The molecule has 0 saturated carbocycles. The molecule has 0 unspecified atom stereocenters. The Bertz CT molecular complexity index is 1240. The second-order valence-corrected chi connectivity index (χ2v) is 6.85. The van der Waals surface area contributed by atoms with Gasteiger partial charge in [0.15, 0.2) is 0 Å². The van der Waals surface area contributed by atoms with Crippen LogP contribution in [0.15, 0.2) is 60.0 Å². The Labute approximate surface area is 144 Å². The van der Waals surface area contributed by atoms with Crippen LogP contribution in [0.5, 0.6) is 0 Å². The van der Waals surface area contributed by atoms with Crippen molar-refractivity contribution >= 4 is 43.1 Å². The Hall–Kier alpha value is -2.66. The number of rotatable bonds is 0. The van der Waals surface area contributed by atoms with Gasteiger partial charge in [0.2, 0.25) is 0 Å². The number of halogens is 3. The third-order valence-electron chi connectivity index (χ3n) is 4.53. The van der Waals surface area contributed by atoms with E-state index in [1.54, 1.807) is 11.4 Å². The number of alkyl halides is 3. The Morgan fingerprint density at radius 3 is 2.48 bits per heavy atom. The van der Waals surface area contributed by atoms with Gasteiger partial charge in [-0.25, -0.2) is 4.98 Å². The molecule has 0 amide bonds. The molecule has 122 valence electrons. The molecule has 3 aromatic rings. The Kier molecular flexibility index (Phi) is 2.89. The van der Waals surface area contributed by atoms with Gasteiger partial charge in [0.05, 0.1) is 16.8 Å². The fourth-order valence-corrected chi connectivity index (χ4v) is 4.51. The molecular weight excluding hydrogens is 343 g/mol. The van der Waals surface area contributed by atoms with E-state index in [1.807, 2.05) is 36.4 Å². The summed E-state index contributed by atoms with van der Waals surface area (Å²) in [6.07, 6.45) is -4.37. The Morgan fingerprint density at radius 2 is 1.64 bits per heavy atom.